The summed E-state index contributed by atoms with van der Waals surface area (Å²) in [4.78, 5) is 28.9. The summed E-state index contributed by atoms with van der Waals surface area (Å²) in [6.07, 6.45) is -1.22. The van der Waals surface area contributed by atoms with E-state index in [1.165, 1.54) is 0 Å². The van der Waals surface area contributed by atoms with Gasteiger partial charge in [0.2, 0.25) is 0 Å². The van der Waals surface area contributed by atoms with Crippen molar-refractivity contribution in [1.82, 2.24) is 9.80 Å². The standard InChI is InChI=1S/C30H32Cl3NO4.C23H26Cl3NO4.CH4/c1-29(2,3)38-28(35)34-16-15-30(23-10-12-24(31)13-11-23,37-20-21-7-5-4-6-8-21)27(18-34)36-19-22-9-14-25(32)26(33)17-22;1-22(2,3)31-21(28)27-11-10-23(29,16-5-7-17(24)8-6-16)20(13-27)30-14-15-4-9-18(25)19(26)12-15;/h4-14,17,27H,15-16,18-20H2,1-3H3;4-9,12,20,29H,10-11,13-14H2,1-3H3;1H4/t27-,30-;20-,23-;/m11./s1. The van der Waals surface area contributed by atoms with Crippen LogP contribution in [0, 0.1) is 0 Å². The first-order valence-corrected chi connectivity index (χ1v) is 24.8. The first-order valence-electron chi connectivity index (χ1n) is 22.5. The van der Waals surface area contributed by atoms with Crippen LogP contribution in [0.15, 0.2) is 115 Å². The fourth-order valence-corrected chi connectivity index (χ4v) is 8.88. The lowest BCUT2D eigenvalue weighted by molar-refractivity contribution is -0.191. The van der Waals surface area contributed by atoms with E-state index >= 15 is 0 Å². The Bertz CT molecular complexity index is 2500. The molecule has 0 aromatic heterocycles. The average Bonchev–Trinajstić information content (AvgIpc) is 3.29. The molecule has 0 radical (unpaired) electrons. The molecule has 16 heteroatoms. The Morgan fingerprint density at radius 1 is 0.557 bits per heavy atom. The highest BCUT2D eigenvalue weighted by Crippen LogP contribution is 2.42. The van der Waals surface area contributed by atoms with Crippen molar-refractivity contribution >= 4 is 81.8 Å². The molecule has 2 heterocycles. The largest absolute Gasteiger partial charge is 0.444 e. The fourth-order valence-electron chi connectivity index (χ4n) is 7.99. The smallest absolute Gasteiger partial charge is 0.410 e. The van der Waals surface area contributed by atoms with E-state index in [2.05, 4.69) is 0 Å². The molecule has 70 heavy (non-hydrogen) atoms. The molecule has 378 valence electrons. The third-order valence-corrected chi connectivity index (χ3v) is 13.5. The zero-order valence-corrected chi connectivity index (χ0v) is 44.0. The topological polar surface area (TPSA) is 107 Å². The lowest BCUT2D eigenvalue weighted by Crippen LogP contribution is -2.57. The fraction of sp³-hybridized carbons (Fsp3) is 0.407. The minimum absolute atomic E-state index is 0. The Morgan fingerprint density at radius 2 is 1.00 bits per heavy atom. The number of amides is 2. The van der Waals surface area contributed by atoms with Crippen LogP contribution in [0.5, 0.6) is 0 Å². The third-order valence-electron chi connectivity index (χ3n) is 11.5. The van der Waals surface area contributed by atoms with Crippen LogP contribution in [-0.4, -0.2) is 76.7 Å². The normalized spacial score (nSPS) is 20.4. The molecule has 2 saturated heterocycles. The van der Waals surface area contributed by atoms with Crippen molar-refractivity contribution in [2.75, 3.05) is 26.2 Å². The second-order valence-electron chi connectivity index (χ2n) is 19.1. The quantitative estimate of drug-likeness (QED) is 0.139. The maximum Gasteiger partial charge on any atom is 0.410 e. The molecule has 1 N–H and O–H groups in total. The molecule has 4 atom stereocenters. The number of piperidine rings is 2. The van der Waals surface area contributed by atoms with E-state index in [4.69, 9.17) is 93.3 Å². The Kier molecular flexibility index (Phi) is 20.2. The Labute approximate surface area is 442 Å². The van der Waals surface area contributed by atoms with Crippen molar-refractivity contribution in [2.24, 2.45) is 0 Å². The number of likely N-dealkylation sites (tertiary alicyclic amines) is 2. The van der Waals surface area contributed by atoms with E-state index in [1.807, 2.05) is 108 Å². The average molecular weight is 1080 g/mol. The first-order chi connectivity index (χ1) is 32.5. The van der Waals surface area contributed by atoms with Crippen LogP contribution in [0.4, 0.5) is 9.59 Å². The number of benzene rings is 5. The molecule has 5 aromatic carbocycles. The summed E-state index contributed by atoms with van der Waals surface area (Å²) in [5.41, 5.74) is 0.969. The lowest BCUT2D eigenvalue weighted by atomic mass is 9.81. The number of rotatable bonds is 11. The summed E-state index contributed by atoms with van der Waals surface area (Å²) < 4.78 is 30.6. The van der Waals surface area contributed by atoms with E-state index < -0.39 is 40.7 Å². The summed E-state index contributed by atoms with van der Waals surface area (Å²) in [6.45, 7) is 13.1. The van der Waals surface area contributed by atoms with Crippen LogP contribution < -0.4 is 0 Å². The monoisotopic (exact) mass is 1080 g/mol. The van der Waals surface area contributed by atoms with E-state index in [0.717, 1.165) is 22.3 Å². The number of ether oxygens (including phenoxy) is 5. The highest BCUT2D eigenvalue weighted by Gasteiger charge is 2.49. The predicted octanol–water partition coefficient (Wildman–Crippen LogP) is 15.0. The molecule has 2 aliphatic heterocycles. The molecular formula is C54H62Cl6N2O8. The second-order valence-corrected chi connectivity index (χ2v) is 21.6. The molecule has 7 rings (SSSR count). The van der Waals surface area contributed by atoms with Gasteiger partial charge in [0, 0.05) is 36.0 Å². The molecular weight excluding hydrogens is 1020 g/mol. The summed E-state index contributed by atoms with van der Waals surface area (Å²) in [5.74, 6) is 0. The molecule has 0 spiro atoms. The van der Waals surface area contributed by atoms with Gasteiger partial charge in [0.25, 0.3) is 0 Å². The van der Waals surface area contributed by atoms with Gasteiger partial charge in [-0.05, 0) is 118 Å². The van der Waals surface area contributed by atoms with E-state index in [-0.39, 0.29) is 39.8 Å². The lowest BCUT2D eigenvalue weighted by Gasteiger charge is -2.47. The summed E-state index contributed by atoms with van der Waals surface area (Å²) in [6, 6.07) is 35.3. The minimum atomic E-state index is -1.29. The zero-order chi connectivity index (χ0) is 50.1. The van der Waals surface area contributed by atoms with Crippen molar-refractivity contribution in [3.63, 3.8) is 0 Å². The van der Waals surface area contributed by atoms with Gasteiger partial charge in [0.15, 0.2) is 0 Å². The third kappa shape index (κ3) is 15.6. The van der Waals surface area contributed by atoms with Crippen LogP contribution in [0.2, 0.25) is 30.1 Å². The predicted molar refractivity (Wildman–Crippen MR) is 281 cm³/mol. The van der Waals surface area contributed by atoms with Crippen LogP contribution >= 0.6 is 69.6 Å². The van der Waals surface area contributed by atoms with Crippen molar-refractivity contribution in [3.8, 4) is 0 Å². The molecule has 2 amide bonds. The highest BCUT2D eigenvalue weighted by atomic mass is 35.5. The van der Waals surface area contributed by atoms with Gasteiger partial charge in [-0.3, -0.25) is 0 Å². The maximum absolute atomic E-state index is 13.0. The Hall–Kier alpha value is -3.78. The number of nitrogens with zero attached hydrogens (tertiary/aromatic N) is 2. The number of halogens is 6. The molecule has 0 unspecified atom stereocenters. The number of carbonyl (C=O) groups excluding carboxylic acids is 2. The molecule has 2 fully saturated rings. The second kappa shape index (κ2) is 24.8. The minimum Gasteiger partial charge on any atom is -0.444 e. The van der Waals surface area contributed by atoms with Crippen molar-refractivity contribution < 1.29 is 38.4 Å². The van der Waals surface area contributed by atoms with E-state index in [0.29, 0.717) is 68.2 Å². The summed E-state index contributed by atoms with van der Waals surface area (Å²) in [7, 11) is 0. The van der Waals surface area contributed by atoms with Crippen molar-refractivity contribution in [3.05, 3.63) is 173 Å². The zero-order valence-electron chi connectivity index (χ0n) is 39.5. The summed E-state index contributed by atoms with van der Waals surface area (Å²) in [5, 5.41) is 14.6. The molecule has 10 nitrogen and oxygen atoms in total. The van der Waals surface area contributed by atoms with Gasteiger partial charge >= 0.3 is 12.2 Å². The number of carbonyl (C=O) groups is 2. The number of hydrogen-bond acceptors (Lipinski definition) is 8. The van der Waals surface area contributed by atoms with Crippen LogP contribution in [0.3, 0.4) is 0 Å². The van der Waals surface area contributed by atoms with E-state index in [9.17, 15) is 14.7 Å². The van der Waals surface area contributed by atoms with Gasteiger partial charge in [-0.15, -0.1) is 0 Å². The molecule has 0 aliphatic carbocycles. The van der Waals surface area contributed by atoms with E-state index in [1.54, 1.807) is 58.3 Å². The Morgan fingerprint density at radius 3 is 1.47 bits per heavy atom. The molecule has 5 aromatic rings. The highest BCUT2D eigenvalue weighted by molar-refractivity contribution is 6.42. The van der Waals surface area contributed by atoms with Crippen LogP contribution in [-0.2, 0) is 54.7 Å². The molecule has 2 aliphatic rings. The SMILES string of the molecule is C.CC(C)(C)OC(=O)N1CC[C@@](O)(c2ccc(Cl)cc2)[C@H](OCc2ccc(Cl)c(Cl)c2)C1.CC(C)(C)OC(=O)N1CC[C@@](OCc2ccccc2)(c2ccc(Cl)cc2)[C@H](OCc2ccc(Cl)c(Cl)c2)C1. The van der Waals surface area contributed by atoms with Gasteiger partial charge in [0.05, 0.1) is 53.0 Å². The van der Waals surface area contributed by atoms with Crippen molar-refractivity contribution in [1.29, 1.82) is 0 Å². The number of hydrogen-bond donors (Lipinski definition) is 1. The van der Waals surface area contributed by atoms with Crippen LogP contribution in [0.25, 0.3) is 0 Å². The van der Waals surface area contributed by atoms with Gasteiger partial charge in [0.1, 0.15) is 34.6 Å². The van der Waals surface area contributed by atoms with Gasteiger partial charge in [-0.2, -0.15) is 0 Å². The molecule has 0 bridgehead atoms. The maximum atomic E-state index is 13.0. The van der Waals surface area contributed by atoms with Crippen LogP contribution in [0.1, 0.15) is 89.6 Å². The van der Waals surface area contributed by atoms with Crippen molar-refractivity contribution in [2.45, 2.75) is 116 Å². The van der Waals surface area contributed by atoms with Gasteiger partial charge < -0.3 is 38.6 Å². The first kappa shape index (κ1) is 57.1. The summed E-state index contributed by atoms with van der Waals surface area (Å²) >= 11 is 36.7. The van der Waals surface area contributed by atoms with Gasteiger partial charge in [-0.25, -0.2) is 9.59 Å². The number of aliphatic hydroxyl groups is 1. The Balaban J connectivity index is 0.000000262. The van der Waals surface area contributed by atoms with Gasteiger partial charge in [-0.1, -0.05) is 144 Å². The molecule has 0 saturated carbocycles.